The van der Waals surface area contributed by atoms with Crippen LogP contribution in [0.25, 0.3) is 0 Å². The molecule has 5 rings (SSSR count). The van der Waals surface area contributed by atoms with Crippen LogP contribution in [-0.4, -0.2) is 56.8 Å². The zero-order valence-electron chi connectivity index (χ0n) is 27.4. The van der Waals surface area contributed by atoms with Crippen molar-refractivity contribution in [2.24, 2.45) is 68.3 Å². The van der Waals surface area contributed by atoms with Crippen molar-refractivity contribution in [2.75, 3.05) is 33.5 Å². The van der Waals surface area contributed by atoms with E-state index < -0.39 is 5.97 Å². The summed E-state index contributed by atoms with van der Waals surface area (Å²) in [6.07, 6.45) is 8.52. The fourth-order valence-electron chi connectivity index (χ4n) is 11.4. The summed E-state index contributed by atoms with van der Waals surface area (Å²) in [6.45, 7) is 21.1. The standard InChI is InChI=1S/C35H59NO5/c1-21(2)23(4)31(5)14-15-33(7)24-10-11-27-32(6)19-40-20-35(27,16-26(39-9)29(32)41-18-22(3)17-36)25(24)12-13-34(33,8)28(31)30(37)38/h12,21-24,26-29H,10-11,13-20,36H2,1-9H3,(H,37,38)/t22?,23-,24+,26-,27+,28-,29?,31-,32+,33-,34+,35+/m1/s1. The third-order valence-corrected chi connectivity index (χ3v) is 14.3. The minimum Gasteiger partial charge on any atom is -0.481 e. The Hall–Kier alpha value is -0.950. The number of carbonyl (C=O) groups is 1. The molecule has 3 saturated carbocycles. The number of fused-ring (bicyclic) bond motifs is 3. The van der Waals surface area contributed by atoms with Gasteiger partial charge in [0.2, 0.25) is 0 Å². The van der Waals surface area contributed by atoms with Gasteiger partial charge in [-0.15, -0.1) is 0 Å². The molecule has 6 heteroatoms. The van der Waals surface area contributed by atoms with Crippen LogP contribution < -0.4 is 5.73 Å². The summed E-state index contributed by atoms with van der Waals surface area (Å²) in [7, 11) is 1.84. The molecule has 0 spiro atoms. The van der Waals surface area contributed by atoms with Gasteiger partial charge in [0.1, 0.15) is 0 Å². The molecule has 0 aromatic carbocycles. The number of hydrogen-bond donors (Lipinski definition) is 2. The molecule has 2 unspecified atom stereocenters. The Morgan fingerprint density at radius 2 is 1.80 bits per heavy atom. The Balaban J connectivity index is 1.56. The number of carboxylic acid groups (broad SMARTS) is 1. The second-order valence-corrected chi connectivity index (χ2v) is 16.4. The highest BCUT2D eigenvalue weighted by Crippen LogP contribution is 2.75. The molecule has 0 amide bonds. The number of carboxylic acids is 1. The second kappa shape index (κ2) is 10.6. The van der Waals surface area contributed by atoms with Crippen molar-refractivity contribution < 1.29 is 24.1 Å². The van der Waals surface area contributed by atoms with Crippen molar-refractivity contribution in [3.63, 3.8) is 0 Å². The van der Waals surface area contributed by atoms with Crippen LogP contribution in [0.3, 0.4) is 0 Å². The largest absolute Gasteiger partial charge is 0.481 e. The van der Waals surface area contributed by atoms with Gasteiger partial charge >= 0.3 is 5.97 Å². The smallest absolute Gasteiger partial charge is 0.307 e. The van der Waals surface area contributed by atoms with E-state index in [0.717, 1.165) is 45.1 Å². The molecule has 1 aliphatic heterocycles. The molecule has 1 heterocycles. The van der Waals surface area contributed by atoms with Crippen molar-refractivity contribution >= 4 is 5.97 Å². The van der Waals surface area contributed by atoms with Gasteiger partial charge in [0.05, 0.1) is 37.9 Å². The highest BCUT2D eigenvalue weighted by Gasteiger charge is 2.71. The van der Waals surface area contributed by atoms with E-state index in [1.165, 1.54) is 0 Å². The SMILES string of the molecule is CO[C@@H]1C[C@@]23COC[C@](C)(C1OCC(C)CN)[C@@H]2CC[C@H]1C3=CC[C@@]2(C)[C@H](C(=O)O)[C@@](C)([C@H](C)C(C)C)CC[C@]12C. The first kappa shape index (κ1) is 31.5. The van der Waals surface area contributed by atoms with Gasteiger partial charge in [0, 0.05) is 17.9 Å². The summed E-state index contributed by atoms with van der Waals surface area (Å²) in [5.41, 5.74) is 6.68. The van der Waals surface area contributed by atoms with Crippen LogP contribution in [0.5, 0.6) is 0 Å². The Labute approximate surface area is 249 Å². The summed E-state index contributed by atoms with van der Waals surface area (Å²) in [5, 5.41) is 10.9. The van der Waals surface area contributed by atoms with Crippen molar-refractivity contribution in [3.8, 4) is 0 Å². The molecular weight excluding hydrogens is 514 g/mol. The molecular formula is C35H59NO5. The summed E-state index contributed by atoms with van der Waals surface area (Å²) < 4.78 is 19.5. The number of rotatable bonds is 8. The number of hydrogen-bond acceptors (Lipinski definition) is 5. The molecule has 4 fully saturated rings. The normalized spacial score (nSPS) is 48.9. The Morgan fingerprint density at radius 1 is 1.10 bits per heavy atom. The van der Waals surface area contributed by atoms with Crippen molar-refractivity contribution in [1.82, 2.24) is 0 Å². The van der Waals surface area contributed by atoms with Gasteiger partial charge in [0.25, 0.3) is 0 Å². The van der Waals surface area contributed by atoms with Gasteiger partial charge < -0.3 is 25.1 Å². The zero-order chi connectivity index (χ0) is 30.2. The molecule has 41 heavy (non-hydrogen) atoms. The molecule has 3 N–H and O–H groups in total. The Bertz CT molecular complexity index is 1040. The van der Waals surface area contributed by atoms with Crippen LogP contribution in [0.1, 0.15) is 93.9 Å². The van der Waals surface area contributed by atoms with E-state index in [0.29, 0.717) is 49.3 Å². The van der Waals surface area contributed by atoms with Crippen molar-refractivity contribution in [1.29, 1.82) is 0 Å². The molecule has 6 nitrogen and oxygen atoms in total. The molecule has 5 aliphatic rings. The Kier molecular flexibility index (Phi) is 8.13. The molecule has 234 valence electrons. The van der Waals surface area contributed by atoms with E-state index in [-0.39, 0.29) is 45.2 Å². The fraction of sp³-hybridized carbons (Fsp3) is 0.914. The number of allylic oxidation sites excluding steroid dienone is 1. The zero-order valence-corrected chi connectivity index (χ0v) is 27.4. The van der Waals surface area contributed by atoms with E-state index in [2.05, 4.69) is 61.5 Å². The summed E-state index contributed by atoms with van der Waals surface area (Å²) >= 11 is 0. The lowest BCUT2D eigenvalue weighted by atomic mass is 9.34. The van der Waals surface area contributed by atoms with Gasteiger partial charge in [-0.1, -0.05) is 67.0 Å². The number of nitrogens with two attached hydrogens (primary N) is 1. The van der Waals surface area contributed by atoms with Crippen LogP contribution >= 0.6 is 0 Å². The summed E-state index contributed by atoms with van der Waals surface area (Å²) in [4.78, 5) is 13.3. The van der Waals surface area contributed by atoms with Crippen molar-refractivity contribution in [3.05, 3.63) is 11.6 Å². The van der Waals surface area contributed by atoms with Crippen LogP contribution in [-0.2, 0) is 19.0 Å². The van der Waals surface area contributed by atoms with Crippen LogP contribution in [0, 0.1) is 62.6 Å². The molecule has 2 bridgehead atoms. The molecule has 1 saturated heterocycles. The lowest BCUT2D eigenvalue weighted by Gasteiger charge is -2.71. The minimum atomic E-state index is -0.602. The van der Waals surface area contributed by atoms with Crippen LogP contribution in [0.4, 0.5) is 0 Å². The Morgan fingerprint density at radius 3 is 2.41 bits per heavy atom. The van der Waals surface area contributed by atoms with Crippen LogP contribution in [0.15, 0.2) is 11.6 Å². The maximum absolute atomic E-state index is 13.3. The maximum atomic E-state index is 13.3. The average molecular weight is 574 g/mol. The molecule has 0 aromatic rings. The number of methoxy groups -OCH3 is 1. The van der Waals surface area contributed by atoms with Crippen LogP contribution in [0.2, 0.25) is 0 Å². The third-order valence-electron chi connectivity index (χ3n) is 14.3. The van der Waals surface area contributed by atoms with Gasteiger partial charge in [-0.3, -0.25) is 4.79 Å². The number of aliphatic carboxylic acids is 1. The van der Waals surface area contributed by atoms with E-state index in [1.54, 1.807) is 5.57 Å². The summed E-state index contributed by atoms with van der Waals surface area (Å²) in [6, 6.07) is 0. The lowest BCUT2D eigenvalue weighted by molar-refractivity contribution is -0.268. The highest BCUT2D eigenvalue weighted by molar-refractivity contribution is 5.73. The van der Waals surface area contributed by atoms with Gasteiger partial charge in [0.15, 0.2) is 0 Å². The van der Waals surface area contributed by atoms with E-state index >= 15 is 0 Å². The molecule has 12 atom stereocenters. The minimum absolute atomic E-state index is 0.000743. The monoisotopic (exact) mass is 573 g/mol. The van der Waals surface area contributed by atoms with E-state index in [4.69, 9.17) is 19.9 Å². The first-order valence-corrected chi connectivity index (χ1v) is 16.5. The highest BCUT2D eigenvalue weighted by atomic mass is 16.5. The molecule has 4 aliphatic carbocycles. The molecule has 0 aromatic heterocycles. The van der Waals surface area contributed by atoms with E-state index in [9.17, 15) is 9.90 Å². The lowest BCUT2D eigenvalue weighted by Crippen LogP contribution is -2.70. The second-order valence-electron chi connectivity index (χ2n) is 16.4. The van der Waals surface area contributed by atoms with Gasteiger partial charge in [-0.25, -0.2) is 0 Å². The molecule has 0 radical (unpaired) electrons. The fourth-order valence-corrected chi connectivity index (χ4v) is 11.4. The summed E-state index contributed by atoms with van der Waals surface area (Å²) in [5.74, 6) is 0.968. The van der Waals surface area contributed by atoms with Gasteiger partial charge in [-0.2, -0.15) is 0 Å². The first-order chi connectivity index (χ1) is 19.2. The predicted molar refractivity (Wildman–Crippen MR) is 162 cm³/mol. The van der Waals surface area contributed by atoms with Crippen molar-refractivity contribution in [2.45, 2.75) is 106 Å². The quantitative estimate of drug-likeness (QED) is 0.319. The first-order valence-electron chi connectivity index (χ1n) is 16.5. The van der Waals surface area contributed by atoms with Gasteiger partial charge in [-0.05, 0) is 90.9 Å². The average Bonchev–Trinajstić information content (AvgIpc) is 2.91. The third kappa shape index (κ3) is 4.27. The number of ether oxygens (including phenoxy) is 3. The maximum Gasteiger partial charge on any atom is 0.307 e. The van der Waals surface area contributed by atoms with E-state index in [1.807, 2.05) is 7.11 Å². The topological polar surface area (TPSA) is 91.0 Å². The predicted octanol–water partition coefficient (Wildman–Crippen LogP) is 6.57.